The third-order valence-corrected chi connectivity index (χ3v) is 3.93. The Hall–Kier alpha value is -2.04. The lowest BCUT2D eigenvalue weighted by Gasteiger charge is -2.30. The van der Waals surface area contributed by atoms with Gasteiger partial charge in [-0.1, -0.05) is 30.3 Å². The zero-order valence-electron chi connectivity index (χ0n) is 12.1. The van der Waals surface area contributed by atoms with Crippen LogP contribution in [0.2, 0.25) is 0 Å². The number of aromatic nitrogens is 1. The molecule has 0 radical (unpaired) electrons. The Morgan fingerprint density at radius 3 is 2.27 bits per heavy atom. The highest BCUT2D eigenvalue weighted by atomic mass is 19.4. The summed E-state index contributed by atoms with van der Waals surface area (Å²) in [6.45, 7) is 1.69. The molecule has 0 amide bonds. The molecule has 0 atom stereocenters. The normalized spacial score (nSPS) is 15.9. The van der Waals surface area contributed by atoms with Crippen LogP contribution in [0.15, 0.2) is 42.6 Å². The molecule has 1 aromatic heterocycles. The quantitative estimate of drug-likeness (QED) is 0.795. The van der Waals surface area contributed by atoms with Gasteiger partial charge in [-0.2, -0.15) is 13.2 Å². The summed E-state index contributed by atoms with van der Waals surface area (Å²) < 4.78 is 39.0. The number of nitrogens with zero attached hydrogens (tertiary/aromatic N) is 2. The monoisotopic (exact) mass is 306 g/mol. The lowest BCUT2D eigenvalue weighted by molar-refractivity contribution is -0.137. The summed E-state index contributed by atoms with van der Waals surface area (Å²) in [7, 11) is 0. The minimum Gasteiger partial charge on any atom is -0.356 e. The number of rotatable bonds is 2. The summed E-state index contributed by atoms with van der Waals surface area (Å²) in [5.74, 6) is 0.652. The maximum Gasteiger partial charge on any atom is 0.417 e. The van der Waals surface area contributed by atoms with Gasteiger partial charge in [-0.3, -0.25) is 0 Å². The molecule has 1 aliphatic heterocycles. The van der Waals surface area contributed by atoms with Crippen molar-refractivity contribution in [2.75, 3.05) is 18.0 Å². The van der Waals surface area contributed by atoms with Gasteiger partial charge in [0.05, 0.1) is 5.56 Å². The average molecular weight is 306 g/mol. The number of hydrogen-bond donors (Lipinski definition) is 0. The van der Waals surface area contributed by atoms with E-state index in [1.54, 1.807) is 0 Å². The Morgan fingerprint density at radius 2 is 1.64 bits per heavy atom. The first kappa shape index (κ1) is 14.9. The number of piperidine rings is 1. The molecule has 2 heterocycles. The van der Waals surface area contributed by atoms with Crippen LogP contribution in [0.25, 0.3) is 11.1 Å². The summed E-state index contributed by atoms with van der Waals surface area (Å²) in [6, 6.07) is 10.4. The standard InChI is InChI=1S/C17H17F3N2/c18-17(19,20)14-11-15(13-7-3-1-4-8-13)16(21-12-14)22-9-5-2-6-10-22/h1,3-4,7-8,11-12H,2,5-6,9-10H2. The van der Waals surface area contributed by atoms with E-state index in [0.717, 1.165) is 44.1 Å². The summed E-state index contributed by atoms with van der Waals surface area (Å²) in [5.41, 5.74) is 0.617. The van der Waals surface area contributed by atoms with Crippen molar-refractivity contribution in [2.45, 2.75) is 25.4 Å². The summed E-state index contributed by atoms with van der Waals surface area (Å²) in [5, 5.41) is 0. The van der Waals surface area contributed by atoms with E-state index >= 15 is 0 Å². The maximum atomic E-state index is 13.0. The van der Waals surface area contributed by atoms with Gasteiger partial charge in [0, 0.05) is 24.8 Å². The SMILES string of the molecule is FC(F)(F)c1cnc(N2CCCCC2)c(-c2ccccc2)c1. The van der Waals surface area contributed by atoms with Crippen LogP contribution in [0.5, 0.6) is 0 Å². The number of pyridine rings is 1. The van der Waals surface area contributed by atoms with Gasteiger partial charge in [-0.25, -0.2) is 4.98 Å². The van der Waals surface area contributed by atoms with Crippen LogP contribution in [-0.4, -0.2) is 18.1 Å². The predicted octanol–water partition coefficient (Wildman–Crippen LogP) is 4.76. The molecule has 0 spiro atoms. The first-order valence-electron chi connectivity index (χ1n) is 7.43. The predicted molar refractivity (Wildman–Crippen MR) is 80.7 cm³/mol. The van der Waals surface area contributed by atoms with Gasteiger partial charge < -0.3 is 4.90 Å². The second-order valence-electron chi connectivity index (χ2n) is 5.51. The minimum absolute atomic E-state index is 0.553. The fourth-order valence-corrected chi connectivity index (χ4v) is 2.80. The van der Waals surface area contributed by atoms with Gasteiger partial charge in [0.1, 0.15) is 5.82 Å². The zero-order chi connectivity index (χ0) is 15.6. The highest BCUT2D eigenvalue weighted by molar-refractivity contribution is 5.76. The van der Waals surface area contributed by atoms with Gasteiger partial charge in [0.2, 0.25) is 0 Å². The van der Waals surface area contributed by atoms with Crippen molar-refractivity contribution in [3.63, 3.8) is 0 Å². The van der Waals surface area contributed by atoms with E-state index in [1.807, 2.05) is 30.3 Å². The molecule has 0 saturated carbocycles. The molecule has 2 aromatic rings. The van der Waals surface area contributed by atoms with Crippen molar-refractivity contribution in [1.82, 2.24) is 4.98 Å². The summed E-state index contributed by atoms with van der Waals surface area (Å²) in [6.07, 6.45) is -0.168. The Morgan fingerprint density at radius 1 is 0.955 bits per heavy atom. The number of benzene rings is 1. The first-order valence-corrected chi connectivity index (χ1v) is 7.43. The van der Waals surface area contributed by atoms with Crippen LogP contribution < -0.4 is 4.90 Å². The molecule has 1 aliphatic rings. The van der Waals surface area contributed by atoms with Crippen molar-refractivity contribution in [1.29, 1.82) is 0 Å². The van der Waals surface area contributed by atoms with Gasteiger partial charge in [0.25, 0.3) is 0 Å². The summed E-state index contributed by atoms with van der Waals surface area (Å²) in [4.78, 5) is 6.24. The molecule has 22 heavy (non-hydrogen) atoms. The van der Waals surface area contributed by atoms with Crippen LogP contribution in [0.4, 0.5) is 19.0 Å². The molecule has 3 rings (SSSR count). The minimum atomic E-state index is -4.38. The van der Waals surface area contributed by atoms with Crippen molar-refractivity contribution < 1.29 is 13.2 Å². The van der Waals surface area contributed by atoms with Crippen molar-refractivity contribution in [3.8, 4) is 11.1 Å². The fourth-order valence-electron chi connectivity index (χ4n) is 2.80. The van der Waals surface area contributed by atoms with Gasteiger partial charge in [0.15, 0.2) is 0 Å². The molecule has 2 nitrogen and oxygen atoms in total. The molecule has 116 valence electrons. The maximum absolute atomic E-state index is 13.0. The molecule has 0 N–H and O–H groups in total. The number of halogens is 3. The molecule has 1 saturated heterocycles. The summed E-state index contributed by atoms with van der Waals surface area (Å²) >= 11 is 0. The van der Waals surface area contributed by atoms with Gasteiger partial charge >= 0.3 is 6.18 Å². The smallest absolute Gasteiger partial charge is 0.356 e. The number of alkyl halides is 3. The van der Waals surface area contributed by atoms with E-state index in [-0.39, 0.29) is 0 Å². The molecule has 5 heteroatoms. The van der Waals surface area contributed by atoms with E-state index in [0.29, 0.717) is 11.4 Å². The van der Waals surface area contributed by atoms with Gasteiger partial charge in [-0.05, 0) is 30.9 Å². The van der Waals surface area contributed by atoms with E-state index < -0.39 is 11.7 Å². The average Bonchev–Trinajstić information content (AvgIpc) is 2.55. The highest BCUT2D eigenvalue weighted by Crippen LogP contribution is 2.36. The van der Waals surface area contributed by atoms with Crippen LogP contribution in [-0.2, 0) is 6.18 Å². The van der Waals surface area contributed by atoms with Gasteiger partial charge in [-0.15, -0.1) is 0 Å². The molecule has 0 unspecified atom stereocenters. The van der Waals surface area contributed by atoms with E-state index in [1.165, 1.54) is 6.07 Å². The lowest BCUT2D eigenvalue weighted by Crippen LogP contribution is -2.30. The fraction of sp³-hybridized carbons (Fsp3) is 0.353. The third kappa shape index (κ3) is 3.08. The number of hydrogen-bond acceptors (Lipinski definition) is 2. The molecular formula is C17H17F3N2. The van der Waals surface area contributed by atoms with Crippen molar-refractivity contribution in [2.24, 2.45) is 0 Å². The van der Waals surface area contributed by atoms with Crippen LogP contribution in [0.3, 0.4) is 0 Å². The molecule has 1 aromatic carbocycles. The van der Waals surface area contributed by atoms with Crippen LogP contribution in [0, 0.1) is 0 Å². The van der Waals surface area contributed by atoms with E-state index in [2.05, 4.69) is 9.88 Å². The largest absolute Gasteiger partial charge is 0.417 e. The van der Waals surface area contributed by atoms with E-state index in [9.17, 15) is 13.2 Å². The molecule has 0 aliphatic carbocycles. The topological polar surface area (TPSA) is 16.1 Å². The van der Waals surface area contributed by atoms with Crippen molar-refractivity contribution in [3.05, 3.63) is 48.2 Å². The lowest BCUT2D eigenvalue weighted by atomic mass is 10.0. The Labute approximate surface area is 127 Å². The third-order valence-electron chi connectivity index (χ3n) is 3.93. The Balaban J connectivity index is 2.09. The van der Waals surface area contributed by atoms with E-state index in [4.69, 9.17) is 0 Å². The molecule has 1 fully saturated rings. The first-order chi connectivity index (χ1) is 10.6. The molecular weight excluding hydrogens is 289 g/mol. The highest BCUT2D eigenvalue weighted by Gasteiger charge is 2.32. The van der Waals surface area contributed by atoms with Crippen LogP contribution in [0.1, 0.15) is 24.8 Å². The zero-order valence-corrected chi connectivity index (χ0v) is 12.1. The Bertz CT molecular complexity index is 632. The second kappa shape index (κ2) is 5.99. The Kier molecular flexibility index (Phi) is 4.05. The van der Waals surface area contributed by atoms with Crippen LogP contribution >= 0.6 is 0 Å². The second-order valence-corrected chi connectivity index (χ2v) is 5.51. The van der Waals surface area contributed by atoms with Crippen molar-refractivity contribution >= 4 is 5.82 Å². The molecule has 0 bridgehead atoms. The number of anilines is 1.